The monoisotopic (exact) mass is 197 g/mol. The molecule has 0 radical (unpaired) electrons. The third kappa shape index (κ3) is 1.60. The smallest absolute Gasteiger partial charge is 0.355 e. The van der Waals surface area contributed by atoms with E-state index in [0.29, 0.717) is 13.0 Å². The van der Waals surface area contributed by atoms with Crippen LogP contribution in [0.1, 0.15) is 25.5 Å². The van der Waals surface area contributed by atoms with Gasteiger partial charge in [0.2, 0.25) is 0 Å². The van der Waals surface area contributed by atoms with Crippen molar-refractivity contribution in [2.45, 2.75) is 25.5 Å². The quantitative estimate of drug-likeness (QED) is 0.666. The molecule has 1 aromatic rings. The van der Waals surface area contributed by atoms with Gasteiger partial charge in [-0.1, -0.05) is 0 Å². The third-order valence-electron chi connectivity index (χ3n) is 2.23. The van der Waals surface area contributed by atoms with Crippen LogP contribution in [0.25, 0.3) is 0 Å². The predicted molar refractivity (Wildman–Crippen MR) is 48.0 cm³/mol. The lowest BCUT2D eigenvalue weighted by Gasteiger charge is -2.22. The zero-order valence-electron chi connectivity index (χ0n) is 7.60. The van der Waals surface area contributed by atoms with Gasteiger partial charge in [0.05, 0.1) is 0 Å². The molecular formula is C8H11N3O3. The molecule has 6 heteroatoms. The fraction of sp³-hybridized carbons (Fsp3) is 0.625. The summed E-state index contributed by atoms with van der Waals surface area (Å²) in [4.78, 5) is 28.5. The van der Waals surface area contributed by atoms with Gasteiger partial charge in [0.1, 0.15) is 12.6 Å². The Hall–Kier alpha value is -1.43. The van der Waals surface area contributed by atoms with Crippen molar-refractivity contribution in [3.63, 3.8) is 0 Å². The first-order valence-corrected chi connectivity index (χ1v) is 4.57. The second-order valence-corrected chi connectivity index (χ2v) is 3.18. The summed E-state index contributed by atoms with van der Waals surface area (Å²) < 4.78 is 6.36. The number of H-pyrrole nitrogens is 1. The van der Waals surface area contributed by atoms with Crippen molar-refractivity contribution in [3.05, 3.63) is 27.3 Å². The Kier molecular flexibility index (Phi) is 2.45. The van der Waals surface area contributed by atoms with Crippen LogP contribution < -0.4 is 11.4 Å². The molecule has 2 rings (SSSR count). The number of nitrogens with zero attached hydrogens (tertiary/aromatic N) is 2. The predicted octanol–water partition coefficient (Wildman–Crippen LogP) is -0.369. The van der Waals surface area contributed by atoms with Crippen molar-refractivity contribution in [2.75, 3.05) is 6.61 Å². The number of rotatable bonds is 1. The van der Waals surface area contributed by atoms with E-state index in [2.05, 4.69) is 9.97 Å². The highest BCUT2D eigenvalue weighted by atomic mass is 16.5. The maximum atomic E-state index is 11.3. The van der Waals surface area contributed by atoms with Crippen LogP contribution >= 0.6 is 0 Å². The van der Waals surface area contributed by atoms with Crippen LogP contribution in [0.2, 0.25) is 0 Å². The molecule has 6 nitrogen and oxygen atoms in total. The summed E-state index contributed by atoms with van der Waals surface area (Å²) in [6, 6.07) is 0. The Morgan fingerprint density at radius 2 is 2.36 bits per heavy atom. The van der Waals surface area contributed by atoms with Crippen LogP contribution in [0.5, 0.6) is 0 Å². The van der Waals surface area contributed by atoms with Gasteiger partial charge in [0.25, 0.3) is 0 Å². The molecule has 0 saturated carbocycles. The molecule has 0 bridgehead atoms. The SMILES string of the molecule is O=c1nc[nH]c(=O)n1C1CCCCO1. The van der Waals surface area contributed by atoms with E-state index in [9.17, 15) is 9.59 Å². The van der Waals surface area contributed by atoms with Crippen LogP contribution in [0.4, 0.5) is 0 Å². The molecule has 1 aliphatic heterocycles. The molecule has 14 heavy (non-hydrogen) atoms. The number of aromatic nitrogens is 3. The molecule has 1 saturated heterocycles. The van der Waals surface area contributed by atoms with Gasteiger partial charge in [-0.3, -0.25) is 4.98 Å². The van der Waals surface area contributed by atoms with Crippen LogP contribution in [-0.4, -0.2) is 21.1 Å². The van der Waals surface area contributed by atoms with Crippen molar-refractivity contribution < 1.29 is 4.74 Å². The number of hydrogen-bond acceptors (Lipinski definition) is 4. The van der Waals surface area contributed by atoms with Crippen molar-refractivity contribution in [3.8, 4) is 0 Å². The Morgan fingerprint density at radius 1 is 1.50 bits per heavy atom. The van der Waals surface area contributed by atoms with E-state index in [4.69, 9.17) is 4.74 Å². The lowest BCUT2D eigenvalue weighted by atomic mass is 10.2. The second kappa shape index (κ2) is 3.75. The normalized spacial score (nSPS) is 22.1. The highest BCUT2D eigenvalue weighted by Gasteiger charge is 2.19. The number of nitrogens with one attached hydrogen (secondary N) is 1. The van der Waals surface area contributed by atoms with Crippen LogP contribution in [0, 0.1) is 0 Å². The van der Waals surface area contributed by atoms with E-state index < -0.39 is 17.6 Å². The number of hydrogen-bond donors (Lipinski definition) is 1. The minimum Gasteiger partial charge on any atom is -0.358 e. The molecular weight excluding hydrogens is 186 g/mol. The molecule has 1 aliphatic rings. The zero-order chi connectivity index (χ0) is 9.97. The topological polar surface area (TPSA) is 77.0 Å². The van der Waals surface area contributed by atoms with Crippen molar-refractivity contribution in [1.82, 2.24) is 14.5 Å². The maximum Gasteiger partial charge on any atom is 0.355 e. The summed E-state index contributed by atoms with van der Waals surface area (Å²) in [6.45, 7) is 0.589. The van der Waals surface area contributed by atoms with E-state index >= 15 is 0 Å². The van der Waals surface area contributed by atoms with Crippen LogP contribution in [0.15, 0.2) is 15.9 Å². The summed E-state index contributed by atoms with van der Waals surface area (Å²) in [6.07, 6.45) is 3.28. The average molecular weight is 197 g/mol. The number of ether oxygens (including phenoxy) is 1. The van der Waals surface area contributed by atoms with E-state index in [0.717, 1.165) is 23.7 Å². The molecule has 1 N–H and O–H groups in total. The molecule has 1 atom stereocenters. The molecule has 1 fully saturated rings. The first-order valence-electron chi connectivity index (χ1n) is 4.57. The van der Waals surface area contributed by atoms with Gasteiger partial charge in [-0.2, -0.15) is 4.98 Å². The van der Waals surface area contributed by atoms with Gasteiger partial charge in [0, 0.05) is 6.61 Å². The third-order valence-corrected chi connectivity index (χ3v) is 2.23. The second-order valence-electron chi connectivity index (χ2n) is 3.18. The molecule has 0 aliphatic carbocycles. The summed E-state index contributed by atoms with van der Waals surface area (Å²) in [5.41, 5.74) is -1.02. The van der Waals surface area contributed by atoms with Crippen molar-refractivity contribution in [1.29, 1.82) is 0 Å². The molecule has 0 amide bonds. The lowest BCUT2D eigenvalue weighted by molar-refractivity contribution is -0.0376. The highest BCUT2D eigenvalue weighted by Crippen LogP contribution is 2.18. The van der Waals surface area contributed by atoms with E-state index in [-0.39, 0.29) is 0 Å². The largest absolute Gasteiger partial charge is 0.358 e. The summed E-state index contributed by atoms with van der Waals surface area (Å²) in [7, 11) is 0. The first-order chi connectivity index (χ1) is 6.79. The summed E-state index contributed by atoms with van der Waals surface area (Å²) in [5, 5.41) is 0. The Labute approximate surface area is 79.6 Å². The maximum absolute atomic E-state index is 11.3. The number of aromatic amines is 1. The Balaban J connectivity index is 2.39. The molecule has 0 spiro atoms. The molecule has 2 heterocycles. The lowest BCUT2D eigenvalue weighted by Crippen LogP contribution is -2.41. The van der Waals surface area contributed by atoms with E-state index in [1.165, 1.54) is 0 Å². The molecule has 1 unspecified atom stereocenters. The average Bonchev–Trinajstić information content (AvgIpc) is 2.19. The molecule has 0 aromatic carbocycles. The van der Waals surface area contributed by atoms with Crippen molar-refractivity contribution in [2.24, 2.45) is 0 Å². The van der Waals surface area contributed by atoms with E-state index in [1.807, 2.05) is 0 Å². The van der Waals surface area contributed by atoms with Crippen molar-refractivity contribution >= 4 is 0 Å². The van der Waals surface area contributed by atoms with Gasteiger partial charge in [0.15, 0.2) is 0 Å². The minimum absolute atomic E-state index is 0.450. The van der Waals surface area contributed by atoms with Gasteiger partial charge in [-0.25, -0.2) is 14.2 Å². The van der Waals surface area contributed by atoms with Gasteiger partial charge in [-0.15, -0.1) is 0 Å². The van der Waals surface area contributed by atoms with Crippen LogP contribution in [0.3, 0.4) is 0 Å². The summed E-state index contributed by atoms with van der Waals surface area (Å²) >= 11 is 0. The fourth-order valence-corrected chi connectivity index (χ4v) is 1.54. The van der Waals surface area contributed by atoms with Gasteiger partial charge < -0.3 is 4.74 Å². The highest BCUT2D eigenvalue weighted by molar-refractivity contribution is 4.73. The Bertz CT molecular complexity index is 388. The van der Waals surface area contributed by atoms with Crippen LogP contribution in [-0.2, 0) is 4.74 Å². The Morgan fingerprint density at radius 3 is 3.00 bits per heavy atom. The van der Waals surface area contributed by atoms with Gasteiger partial charge in [-0.05, 0) is 19.3 Å². The first kappa shape index (κ1) is 9.14. The van der Waals surface area contributed by atoms with Gasteiger partial charge >= 0.3 is 11.4 Å². The zero-order valence-corrected chi connectivity index (χ0v) is 7.60. The minimum atomic E-state index is -0.555. The molecule has 76 valence electrons. The molecule has 1 aromatic heterocycles. The summed E-state index contributed by atoms with van der Waals surface area (Å²) in [5.74, 6) is 0. The van der Waals surface area contributed by atoms with E-state index in [1.54, 1.807) is 0 Å². The fourth-order valence-electron chi connectivity index (χ4n) is 1.54. The standard InChI is InChI=1S/C8H11N3O3/c12-7-9-5-10-8(13)11(7)6-3-1-2-4-14-6/h5-6H,1-4H2,(H,9,10,12,13).